The Labute approximate surface area is 134 Å². The van der Waals surface area contributed by atoms with Crippen molar-refractivity contribution in [1.82, 2.24) is 9.78 Å². The Hall–Kier alpha value is -0.440. The lowest BCUT2D eigenvalue weighted by Gasteiger charge is -2.15. The normalized spacial score (nSPS) is 12.6. The molecule has 1 heterocycles. The van der Waals surface area contributed by atoms with Gasteiger partial charge in [0.15, 0.2) is 0 Å². The highest BCUT2D eigenvalue weighted by Gasteiger charge is 2.18. The van der Waals surface area contributed by atoms with Gasteiger partial charge in [0.25, 0.3) is 0 Å². The number of methoxy groups -OCH3 is 1. The zero-order valence-corrected chi connectivity index (χ0v) is 14.3. The Bertz CT molecular complexity index is 559. The molecular formula is C13H15BrIN3O. The first-order valence-corrected chi connectivity index (χ1v) is 7.72. The van der Waals surface area contributed by atoms with E-state index in [9.17, 15) is 0 Å². The standard InChI is InChI=1S/C13H15BrIN3O/c1-19-6-5-18-13(11(14)8-17-18)12(16)9-3-2-4-10(15)7-9/h2-4,7-8,12H,5-6,16H2,1H3. The van der Waals surface area contributed by atoms with Crippen LogP contribution < -0.4 is 5.73 Å². The summed E-state index contributed by atoms with van der Waals surface area (Å²) in [5.41, 5.74) is 8.42. The lowest BCUT2D eigenvalue weighted by molar-refractivity contribution is 0.182. The molecule has 2 aromatic rings. The van der Waals surface area contributed by atoms with Crippen LogP contribution in [0.3, 0.4) is 0 Å². The molecule has 102 valence electrons. The molecule has 0 saturated heterocycles. The second-order valence-electron chi connectivity index (χ2n) is 4.13. The van der Waals surface area contributed by atoms with E-state index in [1.165, 1.54) is 3.57 Å². The summed E-state index contributed by atoms with van der Waals surface area (Å²) in [6.07, 6.45) is 1.78. The summed E-state index contributed by atoms with van der Waals surface area (Å²) in [5.74, 6) is 0. The van der Waals surface area contributed by atoms with E-state index in [1.54, 1.807) is 13.3 Å². The summed E-state index contributed by atoms with van der Waals surface area (Å²) < 4.78 is 9.08. The molecule has 1 unspecified atom stereocenters. The molecular weight excluding hydrogens is 421 g/mol. The number of rotatable bonds is 5. The molecule has 0 amide bonds. The SMILES string of the molecule is COCCn1ncc(Br)c1C(N)c1cccc(I)c1. The Morgan fingerprint density at radius 2 is 2.32 bits per heavy atom. The molecule has 2 rings (SSSR count). The van der Waals surface area contributed by atoms with E-state index >= 15 is 0 Å². The van der Waals surface area contributed by atoms with E-state index in [1.807, 2.05) is 22.9 Å². The minimum Gasteiger partial charge on any atom is -0.383 e. The van der Waals surface area contributed by atoms with Gasteiger partial charge in [0.1, 0.15) is 0 Å². The molecule has 2 N–H and O–H groups in total. The van der Waals surface area contributed by atoms with Gasteiger partial charge in [0.05, 0.1) is 35.6 Å². The molecule has 0 aliphatic heterocycles. The minimum absolute atomic E-state index is 0.205. The summed E-state index contributed by atoms with van der Waals surface area (Å²) in [6, 6.07) is 7.98. The Morgan fingerprint density at radius 3 is 3.00 bits per heavy atom. The van der Waals surface area contributed by atoms with E-state index in [0.29, 0.717) is 13.2 Å². The largest absolute Gasteiger partial charge is 0.383 e. The molecule has 4 nitrogen and oxygen atoms in total. The van der Waals surface area contributed by atoms with Crippen molar-refractivity contribution in [2.45, 2.75) is 12.6 Å². The Kier molecular flexibility index (Phi) is 5.37. The van der Waals surface area contributed by atoms with E-state index < -0.39 is 0 Å². The summed E-state index contributed by atoms with van der Waals surface area (Å²) in [7, 11) is 1.68. The van der Waals surface area contributed by atoms with Crippen molar-refractivity contribution in [3.63, 3.8) is 0 Å². The van der Waals surface area contributed by atoms with Gasteiger partial charge >= 0.3 is 0 Å². The molecule has 1 aromatic heterocycles. The van der Waals surface area contributed by atoms with Gasteiger partial charge in [0, 0.05) is 10.7 Å². The third-order valence-corrected chi connectivity index (χ3v) is 4.12. The fourth-order valence-corrected chi connectivity index (χ4v) is 3.01. The average Bonchev–Trinajstić information content (AvgIpc) is 2.76. The summed E-state index contributed by atoms with van der Waals surface area (Å²) in [5, 5.41) is 4.33. The van der Waals surface area contributed by atoms with Gasteiger partial charge in [-0.05, 0) is 56.2 Å². The van der Waals surface area contributed by atoms with Crippen LogP contribution in [0.5, 0.6) is 0 Å². The number of benzene rings is 1. The number of halogens is 2. The molecule has 0 saturated carbocycles. The molecule has 1 atom stereocenters. The number of hydrogen-bond donors (Lipinski definition) is 1. The number of nitrogens with zero attached hydrogens (tertiary/aromatic N) is 2. The van der Waals surface area contributed by atoms with Gasteiger partial charge in [0.2, 0.25) is 0 Å². The zero-order valence-electron chi connectivity index (χ0n) is 10.5. The number of hydrogen-bond acceptors (Lipinski definition) is 3. The van der Waals surface area contributed by atoms with E-state index in [0.717, 1.165) is 15.7 Å². The van der Waals surface area contributed by atoms with E-state index in [2.05, 4.69) is 49.7 Å². The van der Waals surface area contributed by atoms with Crippen LogP contribution in [-0.2, 0) is 11.3 Å². The molecule has 0 bridgehead atoms. The maximum Gasteiger partial charge on any atom is 0.0739 e. The molecule has 0 aliphatic carbocycles. The molecule has 0 fully saturated rings. The molecule has 6 heteroatoms. The highest BCUT2D eigenvalue weighted by Crippen LogP contribution is 2.27. The molecule has 1 aromatic carbocycles. The molecule has 19 heavy (non-hydrogen) atoms. The van der Waals surface area contributed by atoms with Crippen LogP contribution in [-0.4, -0.2) is 23.5 Å². The van der Waals surface area contributed by atoms with Crippen molar-refractivity contribution < 1.29 is 4.74 Å². The maximum absolute atomic E-state index is 6.37. The zero-order chi connectivity index (χ0) is 13.8. The monoisotopic (exact) mass is 435 g/mol. The number of nitrogens with two attached hydrogens (primary N) is 1. The fourth-order valence-electron chi connectivity index (χ4n) is 1.89. The van der Waals surface area contributed by atoms with Crippen LogP contribution in [0, 0.1) is 3.57 Å². The van der Waals surface area contributed by atoms with Crippen molar-refractivity contribution in [3.8, 4) is 0 Å². The van der Waals surface area contributed by atoms with Gasteiger partial charge in [-0.15, -0.1) is 0 Å². The first-order valence-electron chi connectivity index (χ1n) is 5.84. The van der Waals surface area contributed by atoms with Crippen LogP contribution in [0.1, 0.15) is 17.3 Å². The van der Waals surface area contributed by atoms with Crippen LogP contribution in [0.4, 0.5) is 0 Å². The van der Waals surface area contributed by atoms with Gasteiger partial charge in [-0.1, -0.05) is 12.1 Å². The third kappa shape index (κ3) is 3.56. The van der Waals surface area contributed by atoms with Crippen LogP contribution >= 0.6 is 38.5 Å². The second-order valence-corrected chi connectivity index (χ2v) is 6.23. The predicted molar refractivity (Wildman–Crippen MR) is 87.0 cm³/mol. The average molecular weight is 436 g/mol. The molecule has 0 spiro atoms. The number of ether oxygens (including phenoxy) is 1. The van der Waals surface area contributed by atoms with E-state index in [-0.39, 0.29) is 6.04 Å². The minimum atomic E-state index is -0.205. The van der Waals surface area contributed by atoms with Gasteiger partial charge in [-0.2, -0.15) is 5.10 Å². The van der Waals surface area contributed by atoms with Crippen LogP contribution in [0.2, 0.25) is 0 Å². The van der Waals surface area contributed by atoms with Gasteiger partial charge in [-0.3, -0.25) is 4.68 Å². The highest BCUT2D eigenvalue weighted by molar-refractivity contribution is 14.1. The van der Waals surface area contributed by atoms with Crippen molar-refractivity contribution in [3.05, 3.63) is 49.8 Å². The van der Waals surface area contributed by atoms with E-state index in [4.69, 9.17) is 10.5 Å². The second kappa shape index (κ2) is 6.83. The predicted octanol–water partition coefficient (Wildman–Crippen LogP) is 2.94. The number of aromatic nitrogens is 2. The van der Waals surface area contributed by atoms with Crippen molar-refractivity contribution in [2.75, 3.05) is 13.7 Å². The van der Waals surface area contributed by atoms with Crippen LogP contribution in [0.25, 0.3) is 0 Å². The van der Waals surface area contributed by atoms with Gasteiger partial charge in [-0.25, -0.2) is 0 Å². The fraction of sp³-hybridized carbons (Fsp3) is 0.308. The third-order valence-electron chi connectivity index (χ3n) is 2.84. The lowest BCUT2D eigenvalue weighted by Crippen LogP contribution is -2.19. The lowest BCUT2D eigenvalue weighted by atomic mass is 10.0. The summed E-state index contributed by atoms with van der Waals surface area (Å²) in [4.78, 5) is 0. The van der Waals surface area contributed by atoms with Crippen LogP contribution in [0.15, 0.2) is 34.9 Å². The first kappa shape index (κ1) is 15.0. The summed E-state index contributed by atoms with van der Waals surface area (Å²) >= 11 is 5.81. The smallest absolute Gasteiger partial charge is 0.0739 e. The molecule has 0 radical (unpaired) electrons. The van der Waals surface area contributed by atoms with Gasteiger partial charge < -0.3 is 10.5 Å². The maximum atomic E-state index is 6.37. The highest BCUT2D eigenvalue weighted by atomic mass is 127. The van der Waals surface area contributed by atoms with Crippen molar-refractivity contribution in [2.24, 2.45) is 5.73 Å². The Balaban J connectivity index is 2.32. The summed E-state index contributed by atoms with van der Waals surface area (Å²) in [6.45, 7) is 1.30. The molecule has 0 aliphatic rings. The quantitative estimate of drug-likeness (QED) is 0.734. The van der Waals surface area contributed by atoms with Crippen molar-refractivity contribution in [1.29, 1.82) is 0 Å². The topological polar surface area (TPSA) is 53.1 Å². The van der Waals surface area contributed by atoms with Crippen molar-refractivity contribution >= 4 is 38.5 Å². The first-order chi connectivity index (χ1) is 9.13. The Morgan fingerprint density at radius 1 is 1.53 bits per heavy atom.